The van der Waals surface area contributed by atoms with E-state index in [4.69, 9.17) is 16.9 Å². The summed E-state index contributed by atoms with van der Waals surface area (Å²) in [5.41, 5.74) is 0.179. The average Bonchev–Trinajstić information content (AvgIpc) is 2.22. The predicted molar refractivity (Wildman–Crippen MR) is 64.3 cm³/mol. The third-order valence-electron chi connectivity index (χ3n) is 1.84. The fourth-order valence-electron chi connectivity index (χ4n) is 1.12. The summed E-state index contributed by atoms with van der Waals surface area (Å²) in [6, 6.07) is 4.90. The summed E-state index contributed by atoms with van der Waals surface area (Å²) in [6.07, 6.45) is 0. The van der Waals surface area contributed by atoms with Gasteiger partial charge in [0.15, 0.2) is 9.84 Å². The minimum atomic E-state index is -3.75. The fraction of sp³-hybridized carbons (Fsp3) is 0.200. The Hall–Kier alpha value is -1.65. The van der Waals surface area contributed by atoms with Crippen molar-refractivity contribution >= 4 is 33.0 Å². The van der Waals surface area contributed by atoms with E-state index in [1.165, 1.54) is 12.1 Å². The number of hydrogen-bond acceptors (Lipinski definition) is 4. The number of halogens is 2. The van der Waals surface area contributed by atoms with Crippen LogP contribution in [-0.4, -0.2) is 25.8 Å². The van der Waals surface area contributed by atoms with E-state index in [1.54, 1.807) is 0 Å². The van der Waals surface area contributed by atoms with E-state index in [2.05, 4.69) is 5.32 Å². The third kappa shape index (κ3) is 4.31. The Balaban J connectivity index is 2.71. The second-order valence-corrected chi connectivity index (χ2v) is 5.84. The van der Waals surface area contributed by atoms with Gasteiger partial charge in [-0.05, 0) is 18.2 Å². The van der Waals surface area contributed by atoms with E-state index in [9.17, 15) is 17.6 Å². The molecule has 0 aliphatic heterocycles. The van der Waals surface area contributed by atoms with Gasteiger partial charge in [0.05, 0.1) is 11.1 Å². The standard InChI is InChI=1S/C10H8ClFN2O3S/c11-8-5-7(1-2-9(8)12)14-10(15)6-18(16,17)4-3-13/h1-2,5H,4,6H2,(H,14,15). The van der Waals surface area contributed by atoms with Gasteiger partial charge in [0.2, 0.25) is 5.91 Å². The van der Waals surface area contributed by atoms with Crippen molar-refractivity contribution in [2.75, 3.05) is 16.8 Å². The van der Waals surface area contributed by atoms with Crippen molar-refractivity contribution < 1.29 is 17.6 Å². The first-order valence-corrected chi connectivity index (χ1v) is 6.86. The van der Waals surface area contributed by atoms with Gasteiger partial charge in [-0.2, -0.15) is 5.26 Å². The monoisotopic (exact) mass is 290 g/mol. The number of amides is 1. The Bertz CT molecular complexity index is 610. The molecule has 1 amide bonds. The van der Waals surface area contributed by atoms with Crippen molar-refractivity contribution in [1.82, 2.24) is 0 Å². The number of nitriles is 1. The molecule has 0 atom stereocenters. The fourth-order valence-corrected chi connectivity index (χ4v) is 2.07. The van der Waals surface area contributed by atoms with Crippen LogP contribution in [0.5, 0.6) is 0 Å². The molecule has 5 nitrogen and oxygen atoms in total. The van der Waals surface area contributed by atoms with Gasteiger partial charge in [0.25, 0.3) is 0 Å². The van der Waals surface area contributed by atoms with E-state index in [0.717, 1.165) is 12.1 Å². The largest absolute Gasteiger partial charge is 0.325 e. The Kier molecular flexibility index (Phi) is 4.64. The molecule has 1 N–H and O–H groups in total. The van der Waals surface area contributed by atoms with Gasteiger partial charge in [-0.3, -0.25) is 4.79 Å². The maximum Gasteiger partial charge on any atom is 0.239 e. The van der Waals surface area contributed by atoms with Crippen LogP contribution in [0, 0.1) is 17.1 Å². The molecule has 0 heterocycles. The minimum absolute atomic E-state index is 0.179. The van der Waals surface area contributed by atoms with Crippen LogP contribution in [-0.2, 0) is 14.6 Å². The molecule has 0 radical (unpaired) electrons. The van der Waals surface area contributed by atoms with Crippen molar-refractivity contribution in [3.8, 4) is 6.07 Å². The highest BCUT2D eigenvalue weighted by atomic mass is 35.5. The Morgan fingerprint density at radius 2 is 2.17 bits per heavy atom. The molecule has 0 fully saturated rings. The van der Waals surface area contributed by atoms with Gasteiger partial charge < -0.3 is 5.32 Å². The van der Waals surface area contributed by atoms with Crippen molar-refractivity contribution in [2.45, 2.75) is 0 Å². The quantitative estimate of drug-likeness (QED) is 0.907. The van der Waals surface area contributed by atoms with E-state index in [0.29, 0.717) is 0 Å². The van der Waals surface area contributed by atoms with Crippen LogP contribution in [0.4, 0.5) is 10.1 Å². The van der Waals surface area contributed by atoms with Crippen molar-refractivity contribution in [2.24, 2.45) is 0 Å². The molecular formula is C10H8ClFN2O3S. The first-order chi connectivity index (χ1) is 8.34. The summed E-state index contributed by atoms with van der Waals surface area (Å²) in [4.78, 5) is 11.4. The number of carbonyl (C=O) groups excluding carboxylic acids is 1. The summed E-state index contributed by atoms with van der Waals surface area (Å²) in [6.45, 7) is 0. The molecule has 0 aromatic heterocycles. The van der Waals surface area contributed by atoms with E-state index < -0.39 is 33.1 Å². The summed E-state index contributed by atoms with van der Waals surface area (Å²) >= 11 is 5.49. The van der Waals surface area contributed by atoms with Gasteiger partial charge in [-0.1, -0.05) is 11.6 Å². The lowest BCUT2D eigenvalue weighted by atomic mass is 10.3. The van der Waals surface area contributed by atoms with E-state index >= 15 is 0 Å². The van der Waals surface area contributed by atoms with Crippen molar-refractivity contribution in [3.63, 3.8) is 0 Å². The Morgan fingerprint density at radius 3 is 2.72 bits per heavy atom. The lowest BCUT2D eigenvalue weighted by Gasteiger charge is -2.05. The molecular weight excluding hydrogens is 283 g/mol. The number of anilines is 1. The molecule has 96 valence electrons. The number of benzene rings is 1. The summed E-state index contributed by atoms with van der Waals surface area (Å²) in [5.74, 6) is -3.00. The third-order valence-corrected chi connectivity index (χ3v) is 3.40. The van der Waals surface area contributed by atoms with Gasteiger partial charge in [-0.25, -0.2) is 12.8 Å². The summed E-state index contributed by atoms with van der Waals surface area (Å²) in [7, 11) is -3.75. The Morgan fingerprint density at radius 1 is 1.50 bits per heavy atom. The smallest absolute Gasteiger partial charge is 0.239 e. The number of carbonyl (C=O) groups is 1. The Labute approximate surface area is 108 Å². The maximum absolute atomic E-state index is 12.8. The molecule has 0 spiro atoms. The van der Waals surface area contributed by atoms with Crippen molar-refractivity contribution in [1.29, 1.82) is 5.26 Å². The molecule has 1 aromatic rings. The first kappa shape index (κ1) is 14.4. The van der Waals surface area contributed by atoms with Crippen molar-refractivity contribution in [3.05, 3.63) is 29.0 Å². The molecule has 0 aliphatic carbocycles. The highest BCUT2D eigenvalue weighted by Gasteiger charge is 2.16. The number of sulfone groups is 1. The van der Waals surface area contributed by atoms with Crippen LogP contribution in [0.25, 0.3) is 0 Å². The number of rotatable bonds is 4. The second-order valence-electron chi connectivity index (χ2n) is 3.37. The molecule has 8 heteroatoms. The number of hydrogen-bond donors (Lipinski definition) is 1. The molecule has 0 saturated heterocycles. The second kappa shape index (κ2) is 5.80. The van der Waals surface area contributed by atoms with Crippen LogP contribution >= 0.6 is 11.6 Å². The number of nitrogens with one attached hydrogen (secondary N) is 1. The summed E-state index contributed by atoms with van der Waals surface area (Å²) < 4.78 is 35.2. The lowest BCUT2D eigenvalue weighted by molar-refractivity contribution is -0.113. The van der Waals surface area contributed by atoms with Crippen LogP contribution in [0.2, 0.25) is 5.02 Å². The zero-order valence-electron chi connectivity index (χ0n) is 8.98. The topological polar surface area (TPSA) is 87.0 Å². The van der Waals surface area contributed by atoms with Gasteiger partial charge in [0.1, 0.15) is 17.3 Å². The highest BCUT2D eigenvalue weighted by Crippen LogP contribution is 2.19. The minimum Gasteiger partial charge on any atom is -0.325 e. The highest BCUT2D eigenvalue weighted by molar-refractivity contribution is 7.92. The SMILES string of the molecule is N#CCS(=O)(=O)CC(=O)Nc1ccc(F)c(Cl)c1. The molecule has 1 aromatic carbocycles. The van der Waals surface area contributed by atoms with E-state index in [-0.39, 0.29) is 10.7 Å². The lowest BCUT2D eigenvalue weighted by Crippen LogP contribution is -2.24. The van der Waals surface area contributed by atoms with Crippen LogP contribution in [0.3, 0.4) is 0 Å². The molecule has 0 bridgehead atoms. The number of nitrogens with zero attached hydrogens (tertiary/aromatic N) is 1. The van der Waals surface area contributed by atoms with E-state index in [1.807, 2.05) is 0 Å². The maximum atomic E-state index is 12.8. The van der Waals surface area contributed by atoms with Crippen LogP contribution < -0.4 is 5.32 Å². The zero-order chi connectivity index (χ0) is 13.8. The zero-order valence-corrected chi connectivity index (χ0v) is 10.6. The van der Waals surface area contributed by atoms with Gasteiger partial charge in [0, 0.05) is 5.69 Å². The summed E-state index contributed by atoms with van der Waals surface area (Å²) in [5, 5.41) is 10.3. The van der Waals surface area contributed by atoms with Crippen LogP contribution in [0.1, 0.15) is 0 Å². The molecule has 0 unspecified atom stereocenters. The van der Waals surface area contributed by atoms with Gasteiger partial charge in [-0.15, -0.1) is 0 Å². The van der Waals surface area contributed by atoms with Gasteiger partial charge >= 0.3 is 0 Å². The normalized spacial score (nSPS) is 10.7. The first-order valence-electron chi connectivity index (χ1n) is 4.66. The molecule has 0 saturated carbocycles. The molecule has 18 heavy (non-hydrogen) atoms. The molecule has 1 rings (SSSR count). The molecule has 0 aliphatic rings. The van der Waals surface area contributed by atoms with Crippen LogP contribution in [0.15, 0.2) is 18.2 Å². The predicted octanol–water partition coefficient (Wildman–Crippen LogP) is 1.36. The average molecular weight is 291 g/mol.